The van der Waals surface area contributed by atoms with Gasteiger partial charge in [-0.15, -0.1) is 5.10 Å². The molecule has 0 saturated carbocycles. The highest BCUT2D eigenvalue weighted by atomic mass is 32.1. The van der Waals surface area contributed by atoms with Crippen molar-refractivity contribution in [2.75, 3.05) is 32.8 Å². The van der Waals surface area contributed by atoms with Crippen LogP contribution in [-0.4, -0.2) is 53.4 Å². The summed E-state index contributed by atoms with van der Waals surface area (Å²) in [7, 11) is 0. The van der Waals surface area contributed by atoms with Gasteiger partial charge in [-0.3, -0.25) is 4.90 Å². The normalized spacial score (nSPS) is 22.4. The third kappa shape index (κ3) is 3.48. The minimum atomic E-state index is 0.306. The zero-order chi connectivity index (χ0) is 11.2. The molecule has 1 atom stereocenters. The first-order chi connectivity index (χ1) is 7.88. The number of hydrogen-bond donors (Lipinski definition) is 1. The molecule has 16 heavy (non-hydrogen) atoms. The zero-order valence-electron chi connectivity index (χ0n) is 9.56. The second-order valence-corrected chi connectivity index (χ2v) is 4.52. The van der Waals surface area contributed by atoms with E-state index in [9.17, 15) is 0 Å². The molecule has 5 nitrogen and oxygen atoms in total. The summed E-state index contributed by atoms with van der Waals surface area (Å²) in [6, 6.07) is 0. The lowest BCUT2D eigenvalue weighted by molar-refractivity contribution is -0.0254. The summed E-state index contributed by atoms with van der Waals surface area (Å²) in [5.41, 5.74) is 1.01. The molecule has 6 heteroatoms. The molecular weight excluding hydrogens is 224 g/mol. The third-order valence-corrected chi connectivity index (χ3v) is 3.31. The van der Waals surface area contributed by atoms with Gasteiger partial charge in [0.25, 0.3) is 0 Å². The van der Waals surface area contributed by atoms with Gasteiger partial charge >= 0.3 is 0 Å². The molecule has 0 amide bonds. The first-order valence-electron chi connectivity index (χ1n) is 5.69. The summed E-state index contributed by atoms with van der Waals surface area (Å²) in [6.45, 7) is 7.89. The molecule has 1 N–H and O–H groups in total. The molecule has 0 radical (unpaired) electrons. The summed E-state index contributed by atoms with van der Waals surface area (Å²) in [5.74, 6) is 0. The number of nitrogens with zero attached hydrogens (tertiary/aromatic N) is 3. The van der Waals surface area contributed by atoms with Crippen LogP contribution >= 0.6 is 11.5 Å². The Bertz CT molecular complexity index is 293. The molecule has 1 unspecified atom stereocenters. The van der Waals surface area contributed by atoms with Crippen molar-refractivity contribution >= 4 is 11.5 Å². The van der Waals surface area contributed by atoms with E-state index < -0.39 is 0 Å². The second-order valence-electron chi connectivity index (χ2n) is 3.91. The van der Waals surface area contributed by atoms with Crippen molar-refractivity contribution in [3.8, 4) is 0 Å². The van der Waals surface area contributed by atoms with Gasteiger partial charge in [0.1, 0.15) is 0 Å². The van der Waals surface area contributed by atoms with Gasteiger partial charge in [-0.25, -0.2) is 0 Å². The van der Waals surface area contributed by atoms with Gasteiger partial charge in [0.15, 0.2) is 0 Å². The Morgan fingerprint density at radius 1 is 1.69 bits per heavy atom. The minimum absolute atomic E-state index is 0.306. The predicted molar refractivity (Wildman–Crippen MR) is 63.5 cm³/mol. The van der Waals surface area contributed by atoms with E-state index in [0.717, 1.165) is 45.0 Å². The monoisotopic (exact) mass is 242 g/mol. The van der Waals surface area contributed by atoms with Gasteiger partial charge in [-0.2, -0.15) is 0 Å². The maximum absolute atomic E-state index is 5.69. The van der Waals surface area contributed by atoms with E-state index in [4.69, 9.17) is 4.74 Å². The number of nitrogens with one attached hydrogen (secondary N) is 1. The SMILES string of the molecule is CCN1CCOC(CNCc2csnn2)C1. The van der Waals surface area contributed by atoms with Crippen molar-refractivity contribution in [2.24, 2.45) is 0 Å². The first-order valence-corrected chi connectivity index (χ1v) is 6.52. The van der Waals surface area contributed by atoms with Crippen LogP contribution in [0.2, 0.25) is 0 Å². The van der Waals surface area contributed by atoms with E-state index in [-0.39, 0.29) is 0 Å². The van der Waals surface area contributed by atoms with Crippen LogP contribution in [0.25, 0.3) is 0 Å². The maximum atomic E-state index is 5.69. The van der Waals surface area contributed by atoms with E-state index in [0.29, 0.717) is 6.10 Å². The number of hydrogen-bond acceptors (Lipinski definition) is 6. The minimum Gasteiger partial charge on any atom is -0.374 e. The van der Waals surface area contributed by atoms with Gasteiger partial charge in [0.2, 0.25) is 0 Å². The van der Waals surface area contributed by atoms with Crippen LogP contribution in [0.4, 0.5) is 0 Å². The van der Waals surface area contributed by atoms with Crippen molar-refractivity contribution in [1.29, 1.82) is 0 Å². The Kier molecular flexibility index (Phi) is 4.65. The van der Waals surface area contributed by atoms with Gasteiger partial charge < -0.3 is 10.1 Å². The fourth-order valence-electron chi connectivity index (χ4n) is 1.81. The molecule has 1 aliphatic rings. The van der Waals surface area contributed by atoms with E-state index in [1.807, 2.05) is 5.38 Å². The molecule has 0 aromatic carbocycles. The predicted octanol–water partition coefficient (Wildman–Crippen LogP) is 0.348. The van der Waals surface area contributed by atoms with Crippen molar-refractivity contribution in [3.05, 3.63) is 11.1 Å². The van der Waals surface area contributed by atoms with Crippen molar-refractivity contribution in [1.82, 2.24) is 19.8 Å². The lowest BCUT2D eigenvalue weighted by atomic mass is 10.2. The molecule has 1 saturated heterocycles. The molecule has 2 heterocycles. The summed E-state index contributed by atoms with van der Waals surface area (Å²) in [6.07, 6.45) is 0.306. The van der Waals surface area contributed by atoms with Crippen molar-refractivity contribution in [3.63, 3.8) is 0 Å². The Balaban J connectivity index is 1.65. The fraction of sp³-hybridized carbons (Fsp3) is 0.800. The number of ether oxygens (including phenoxy) is 1. The van der Waals surface area contributed by atoms with E-state index in [2.05, 4.69) is 26.7 Å². The number of aromatic nitrogens is 2. The molecule has 1 aromatic rings. The van der Waals surface area contributed by atoms with Crippen LogP contribution in [-0.2, 0) is 11.3 Å². The van der Waals surface area contributed by atoms with E-state index >= 15 is 0 Å². The fourth-order valence-corrected chi connectivity index (χ4v) is 2.26. The highest BCUT2D eigenvalue weighted by Gasteiger charge is 2.18. The average molecular weight is 242 g/mol. The van der Waals surface area contributed by atoms with Crippen LogP contribution in [0.3, 0.4) is 0 Å². The molecule has 1 fully saturated rings. The molecule has 2 rings (SSSR count). The summed E-state index contributed by atoms with van der Waals surface area (Å²) >= 11 is 1.39. The van der Waals surface area contributed by atoms with Crippen LogP contribution in [0.15, 0.2) is 5.38 Å². The maximum Gasteiger partial charge on any atom is 0.0893 e. The standard InChI is InChI=1S/C10H18N4OS/c1-2-14-3-4-15-10(7-14)6-11-5-9-8-16-13-12-9/h8,10-11H,2-7H2,1H3. The molecule has 0 bridgehead atoms. The van der Waals surface area contributed by atoms with Crippen molar-refractivity contribution in [2.45, 2.75) is 19.6 Å². The molecule has 90 valence electrons. The molecular formula is C10H18N4OS. The molecule has 0 aliphatic carbocycles. The molecule has 1 aromatic heterocycles. The van der Waals surface area contributed by atoms with Gasteiger partial charge in [0.05, 0.1) is 18.4 Å². The smallest absolute Gasteiger partial charge is 0.0893 e. The average Bonchev–Trinajstić information content (AvgIpc) is 2.82. The summed E-state index contributed by atoms with van der Waals surface area (Å²) in [5, 5.41) is 9.30. The van der Waals surface area contributed by atoms with Gasteiger partial charge in [-0.1, -0.05) is 11.4 Å². The number of morpholine rings is 1. The number of rotatable bonds is 5. The Hall–Kier alpha value is -0.560. The highest BCUT2D eigenvalue weighted by Crippen LogP contribution is 2.04. The molecule has 0 spiro atoms. The number of likely N-dealkylation sites (N-methyl/N-ethyl adjacent to an activating group) is 1. The lowest BCUT2D eigenvalue weighted by Gasteiger charge is -2.32. The van der Waals surface area contributed by atoms with Crippen LogP contribution in [0.5, 0.6) is 0 Å². The zero-order valence-corrected chi connectivity index (χ0v) is 10.4. The topological polar surface area (TPSA) is 50.3 Å². The molecule has 1 aliphatic heterocycles. The second kappa shape index (κ2) is 6.24. The third-order valence-electron chi connectivity index (χ3n) is 2.75. The van der Waals surface area contributed by atoms with E-state index in [1.54, 1.807) is 0 Å². The summed E-state index contributed by atoms with van der Waals surface area (Å²) in [4.78, 5) is 2.42. The Morgan fingerprint density at radius 3 is 3.38 bits per heavy atom. The van der Waals surface area contributed by atoms with Gasteiger partial charge in [0, 0.05) is 31.6 Å². The highest BCUT2D eigenvalue weighted by molar-refractivity contribution is 7.03. The summed E-state index contributed by atoms with van der Waals surface area (Å²) < 4.78 is 9.52. The Labute approximate surface area is 100.0 Å². The first kappa shape index (κ1) is 11.9. The van der Waals surface area contributed by atoms with Gasteiger partial charge in [-0.05, 0) is 18.1 Å². The quantitative estimate of drug-likeness (QED) is 0.807. The van der Waals surface area contributed by atoms with Crippen LogP contribution in [0, 0.1) is 0 Å². The van der Waals surface area contributed by atoms with Crippen LogP contribution in [0.1, 0.15) is 12.6 Å². The lowest BCUT2D eigenvalue weighted by Crippen LogP contribution is -2.46. The van der Waals surface area contributed by atoms with Crippen LogP contribution < -0.4 is 5.32 Å². The van der Waals surface area contributed by atoms with E-state index in [1.165, 1.54) is 11.5 Å². The van der Waals surface area contributed by atoms with Crippen molar-refractivity contribution < 1.29 is 4.74 Å². The largest absolute Gasteiger partial charge is 0.374 e. The Morgan fingerprint density at radius 2 is 2.62 bits per heavy atom.